The van der Waals surface area contributed by atoms with Crippen molar-refractivity contribution in [3.05, 3.63) is 89.5 Å². The van der Waals surface area contributed by atoms with Crippen LogP contribution in [0.2, 0.25) is 0 Å². The van der Waals surface area contributed by atoms with Gasteiger partial charge in [0.1, 0.15) is 6.61 Å². The van der Waals surface area contributed by atoms with E-state index in [1.165, 1.54) is 24.1 Å². The molecule has 3 aromatic rings. The summed E-state index contributed by atoms with van der Waals surface area (Å²) in [5.74, 6) is 0.736. The molecule has 0 fully saturated rings. The lowest BCUT2D eigenvalue weighted by Crippen LogP contribution is -2.29. The zero-order chi connectivity index (χ0) is 23.3. The van der Waals surface area contributed by atoms with Crippen molar-refractivity contribution in [2.24, 2.45) is 5.14 Å². The number of sulfonamides is 1. The van der Waals surface area contributed by atoms with Crippen LogP contribution in [0.3, 0.4) is 0 Å². The summed E-state index contributed by atoms with van der Waals surface area (Å²) in [4.78, 5) is 14.6. The SMILES string of the molecule is COc1cc(C(=O)N(C)C(C)c2cccc(S(N)(=O)=O)c2)ccc1OCc1ccccc1. The van der Waals surface area contributed by atoms with Gasteiger partial charge in [0.25, 0.3) is 5.91 Å². The molecule has 8 heteroatoms. The summed E-state index contributed by atoms with van der Waals surface area (Å²) in [5, 5.41) is 5.23. The summed E-state index contributed by atoms with van der Waals surface area (Å²) in [7, 11) is -0.657. The lowest BCUT2D eigenvalue weighted by atomic mass is 10.1. The number of hydrogen-bond donors (Lipinski definition) is 1. The topological polar surface area (TPSA) is 98.9 Å². The van der Waals surface area contributed by atoms with Crippen molar-refractivity contribution in [3.63, 3.8) is 0 Å². The number of amides is 1. The molecule has 0 spiro atoms. The highest BCUT2D eigenvalue weighted by molar-refractivity contribution is 7.89. The van der Waals surface area contributed by atoms with Crippen LogP contribution in [-0.4, -0.2) is 33.4 Å². The van der Waals surface area contributed by atoms with Crippen LogP contribution in [0, 0.1) is 0 Å². The Morgan fingerprint density at radius 3 is 2.38 bits per heavy atom. The summed E-state index contributed by atoms with van der Waals surface area (Å²) in [6.07, 6.45) is 0. The smallest absolute Gasteiger partial charge is 0.254 e. The Kier molecular flexibility index (Phi) is 7.17. The number of carbonyl (C=O) groups is 1. The van der Waals surface area contributed by atoms with Gasteiger partial charge in [-0.3, -0.25) is 4.79 Å². The number of nitrogens with zero attached hydrogens (tertiary/aromatic N) is 1. The monoisotopic (exact) mass is 454 g/mol. The maximum atomic E-state index is 13.1. The summed E-state index contributed by atoms with van der Waals surface area (Å²) in [6, 6.07) is 20.6. The standard InChI is InChI=1S/C24H26N2O5S/c1-17(19-10-7-11-21(14-19)32(25,28)29)26(2)24(27)20-12-13-22(23(15-20)30-3)31-16-18-8-5-4-6-9-18/h4-15,17H,16H2,1-3H3,(H2,25,28,29). The highest BCUT2D eigenvalue weighted by atomic mass is 32.2. The molecule has 0 bridgehead atoms. The molecule has 0 saturated heterocycles. The van der Waals surface area contributed by atoms with Crippen molar-refractivity contribution < 1.29 is 22.7 Å². The van der Waals surface area contributed by atoms with Gasteiger partial charge in [-0.05, 0) is 48.4 Å². The summed E-state index contributed by atoms with van der Waals surface area (Å²) < 4.78 is 34.6. The lowest BCUT2D eigenvalue weighted by Gasteiger charge is -2.26. The fourth-order valence-electron chi connectivity index (χ4n) is 3.21. The van der Waals surface area contributed by atoms with E-state index in [0.717, 1.165) is 5.56 Å². The van der Waals surface area contributed by atoms with Crippen LogP contribution in [0.15, 0.2) is 77.7 Å². The second-order valence-electron chi connectivity index (χ2n) is 7.35. The summed E-state index contributed by atoms with van der Waals surface area (Å²) in [5.41, 5.74) is 2.10. The Morgan fingerprint density at radius 1 is 1.00 bits per heavy atom. The quantitative estimate of drug-likeness (QED) is 0.559. The van der Waals surface area contributed by atoms with Crippen molar-refractivity contribution in [2.75, 3.05) is 14.2 Å². The van der Waals surface area contributed by atoms with E-state index in [0.29, 0.717) is 29.2 Å². The number of carbonyl (C=O) groups excluding carboxylic acids is 1. The van der Waals surface area contributed by atoms with Gasteiger partial charge in [-0.25, -0.2) is 13.6 Å². The first-order valence-electron chi connectivity index (χ1n) is 9.95. The van der Waals surface area contributed by atoms with E-state index in [2.05, 4.69) is 0 Å². The second kappa shape index (κ2) is 9.84. The van der Waals surface area contributed by atoms with Crippen LogP contribution in [0.25, 0.3) is 0 Å². The maximum absolute atomic E-state index is 13.1. The molecule has 0 aliphatic carbocycles. The highest BCUT2D eigenvalue weighted by Gasteiger charge is 2.21. The Balaban J connectivity index is 1.77. The van der Waals surface area contributed by atoms with Crippen molar-refractivity contribution in [3.8, 4) is 11.5 Å². The predicted octanol–water partition coefficient (Wildman–Crippen LogP) is 3.75. The van der Waals surface area contributed by atoms with Crippen LogP contribution >= 0.6 is 0 Å². The van der Waals surface area contributed by atoms with E-state index >= 15 is 0 Å². The molecular formula is C24H26N2O5S. The number of hydrogen-bond acceptors (Lipinski definition) is 5. The molecule has 1 unspecified atom stereocenters. The number of rotatable bonds is 8. The number of ether oxygens (including phenoxy) is 2. The number of methoxy groups -OCH3 is 1. The van der Waals surface area contributed by atoms with E-state index < -0.39 is 10.0 Å². The molecule has 2 N–H and O–H groups in total. The minimum Gasteiger partial charge on any atom is -0.493 e. The second-order valence-corrected chi connectivity index (χ2v) is 8.91. The molecule has 1 amide bonds. The molecule has 0 aliphatic rings. The van der Waals surface area contributed by atoms with E-state index in [4.69, 9.17) is 14.6 Å². The molecule has 0 radical (unpaired) electrons. The van der Waals surface area contributed by atoms with Crippen molar-refractivity contribution >= 4 is 15.9 Å². The van der Waals surface area contributed by atoms with Crippen molar-refractivity contribution in [1.29, 1.82) is 0 Å². The van der Waals surface area contributed by atoms with Crippen LogP contribution in [0.5, 0.6) is 11.5 Å². The average Bonchev–Trinajstić information content (AvgIpc) is 2.81. The van der Waals surface area contributed by atoms with Gasteiger partial charge >= 0.3 is 0 Å². The molecular weight excluding hydrogens is 428 g/mol. The van der Waals surface area contributed by atoms with Gasteiger partial charge in [-0.1, -0.05) is 42.5 Å². The van der Waals surface area contributed by atoms with Gasteiger partial charge < -0.3 is 14.4 Å². The summed E-state index contributed by atoms with van der Waals surface area (Å²) in [6.45, 7) is 2.19. The Bertz CT molecular complexity index is 1200. The molecule has 1 atom stereocenters. The number of nitrogens with two attached hydrogens (primary N) is 1. The fraction of sp³-hybridized carbons (Fsp3) is 0.208. The molecule has 0 aliphatic heterocycles. The predicted molar refractivity (Wildman–Crippen MR) is 122 cm³/mol. The van der Waals surface area contributed by atoms with Crippen LogP contribution in [0.1, 0.15) is 34.5 Å². The minimum atomic E-state index is -3.83. The third kappa shape index (κ3) is 5.46. The molecule has 7 nitrogen and oxygen atoms in total. The molecule has 3 aromatic carbocycles. The van der Waals surface area contributed by atoms with Crippen LogP contribution < -0.4 is 14.6 Å². The Morgan fingerprint density at radius 2 is 1.72 bits per heavy atom. The Hall–Kier alpha value is -3.36. The molecule has 32 heavy (non-hydrogen) atoms. The maximum Gasteiger partial charge on any atom is 0.254 e. The van der Waals surface area contributed by atoms with Gasteiger partial charge in [0.05, 0.1) is 18.0 Å². The molecule has 0 aromatic heterocycles. The lowest BCUT2D eigenvalue weighted by molar-refractivity contribution is 0.0742. The van der Waals surface area contributed by atoms with Gasteiger partial charge in [-0.2, -0.15) is 0 Å². The zero-order valence-electron chi connectivity index (χ0n) is 18.2. The minimum absolute atomic E-state index is 0.00397. The van der Waals surface area contributed by atoms with E-state index in [1.54, 1.807) is 37.4 Å². The fourth-order valence-corrected chi connectivity index (χ4v) is 3.78. The summed E-state index contributed by atoms with van der Waals surface area (Å²) >= 11 is 0. The normalized spacial score (nSPS) is 12.1. The van der Waals surface area contributed by atoms with Crippen molar-refractivity contribution in [2.45, 2.75) is 24.5 Å². The first kappa shape index (κ1) is 23.3. The van der Waals surface area contributed by atoms with E-state index in [-0.39, 0.29) is 16.8 Å². The Labute approximate surface area is 188 Å². The highest BCUT2D eigenvalue weighted by Crippen LogP contribution is 2.30. The van der Waals surface area contributed by atoms with Gasteiger partial charge in [0, 0.05) is 12.6 Å². The van der Waals surface area contributed by atoms with E-state index in [9.17, 15) is 13.2 Å². The van der Waals surface area contributed by atoms with Gasteiger partial charge in [-0.15, -0.1) is 0 Å². The van der Waals surface area contributed by atoms with Crippen LogP contribution in [-0.2, 0) is 16.6 Å². The number of benzene rings is 3. The van der Waals surface area contributed by atoms with Gasteiger partial charge in [0.2, 0.25) is 10.0 Å². The first-order chi connectivity index (χ1) is 15.2. The van der Waals surface area contributed by atoms with Crippen molar-refractivity contribution in [1.82, 2.24) is 4.90 Å². The molecule has 3 rings (SSSR count). The average molecular weight is 455 g/mol. The van der Waals surface area contributed by atoms with Gasteiger partial charge in [0.15, 0.2) is 11.5 Å². The molecule has 0 heterocycles. The number of primary sulfonamides is 1. The zero-order valence-corrected chi connectivity index (χ0v) is 19.0. The largest absolute Gasteiger partial charge is 0.493 e. The molecule has 0 saturated carbocycles. The van der Waals surface area contributed by atoms with Crippen LogP contribution in [0.4, 0.5) is 0 Å². The van der Waals surface area contributed by atoms with E-state index in [1.807, 2.05) is 37.3 Å². The third-order valence-corrected chi connectivity index (χ3v) is 6.13. The third-order valence-electron chi connectivity index (χ3n) is 5.22. The first-order valence-corrected chi connectivity index (χ1v) is 11.5. The molecule has 168 valence electrons.